The van der Waals surface area contributed by atoms with Crippen LogP contribution in [-0.2, 0) is 4.79 Å². The summed E-state index contributed by atoms with van der Waals surface area (Å²) in [6.45, 7) is 1.78. The fraction of sp³-hybridized carbons (Fsp3) is 0.200. The van der Waals surface area contributed by atoms with Crippen LogP contribution in [0.5, 0.6) is 0 Å². The Balaban J connectivity index is 2.88. The lowest BCUT2D eigenvalue weighted by molar-refractivity contribution is -0.157. The number of alkyl halides is 3. The number of nitriles is 1. The Hall–Kier alpha value is -2.55. The first-order valence-electron chi connectivity index (χ1n) is 6.01. The van der Waals surface area contributed by atoms with Crippen molar-refractivity contribution >= 4 is 12.0 Å². The van der Waals surface area contributed by atoms with E-state index >= 15 is 0 Å². The molecule has 0 N–H and O–H groups in total. The molecule has 6 heteroatoms. The standard InChI is InChI=1S/C15H13F3N2O/c1-2-9-20(11-15(16,17)18)14(21)8-7-12-5-3-4-6-13(12)10-19/h2-8H,1,9,11H2/b8-7+. The third-order valence-electron chi connectivity index (χ3n) is 2.52. The van der Waals surface area contributed by atoms with E-state index in [1.165, 1.54) is 12.2 Å². The van der Waals surface area contributed by atoms with E-state index in [1.54, 1.807) is 24.3 Å². The zero-order valence-electron chi connectivity index (χ0n) is 11.1. The lowest BCUT2D eigenvalue weighted by Gasteiger charge is -2.20. The van der Waals surface area contributed by atoms with Crippen molar-refractivity contribution in [2.45, 2.75) is 6.18 Å². The van der Waals surface area contributed by atoms with Crippen molar-refractivity contribution in [3.63, 3.8) is 0 Å². The number of carbonyl (C=O) groups excluding carboxylic acids is 1. The molecule has 1 aromatic carbocycles. The number of nitrogens with zero attached hydrogens (tertiary/aromatic N) is 2. The molecule has 3 nitrogen and oxygen atoms in total. The maximum Gasteiger partial charge on any atom is 0.406 e. The lowest BCUT2D eigenvalue weighted by atomic mass is 10.1. The molecule has 1 rings (SSSR count). The molecule has 0 aliphatic rings. The molecule has 0 radical (unpaired) electrons. The van der Waals surface area contributed by atoms with Crippen molar-refractivity contribution in [1.82, 2.24) is 4.90 Å². The maximum atomic E-state index is 12.4. The number of hydrogen-bond acceptors (Lipinski definition) is 2. The molecule has 0 heterocycles. The second-order valence-corrected chi connectivity index (χ2v) is 4.16. The first kappa shape index (κ1) is 16.5. The van der Waals surface area contributed by atoms with Crippen LogP contribution in [0.4, 0.5) is 13.2 Å². The lowest BCUT2D eigenvalue weighted by Crippen LogP contribution is -2.38. The number of benzene rings is 1. The number of hydrogen-bond donors (Lipinski definition) is 0. The van der Waals surface area contributed by atoms with E-state index in [0.717, 1.165) is 6.08 Å². The van der Waals surface area contributed by atoms with Crippen LogP contribution in [0.15, 0.2) is 43.0 Å². The minimum absolute atomic E-state index is 0.206. The average Bonchev–Trinajstić information content (AvgIpc) is 2.43. The van der Waals surface area contributed by atoms with Crippen LogP contribution in [0.25, 0.3) is 6.08 Å². The highest BCUT2D eigenvalue weighted by molar-refractivity contribution is 5.92. The highest BCUT2D eigenvalue weighted by Gasteiger charge is 2.31. The highest BCUT2D eigenvalue weighted by atomic mass is 19.4. The van der Waals surface area contributed by atoms with Crippen molar-refractivity contribution < 1.29 is 18.0 Å². The fourth-order valence-corrected chi connectivity index (χ4v) is 1.62. The molecule has 0 spiro atoms. The summed E-state index contributed by atoms with van der Waals surface area (Å²) in [5.41, 5.74) is 0.812. The van der Waals surface area contributed by atoms with E-state index in [0.29, 0.717) is 16.0 Å². The maximum absolute atomic E-state index is 12.4. The summed E-state index contributed by atoms with van der Waals surface area (Å²) in [7, 11) is 0. The van der Waals surface area contributed by atoms with Crippen molar-refractivity contribution in [2.75, 3.05) is 13.1 Å². The average molecular weight is 294 g/mol. The van der Waals surface area contributed by atoms with Crippen LogP contribution in [0, 0.1) is 11.3 Å². The van der Waals surface area contributed by atoms with Gasteiger partial charge in [-0.3, -0.25) is 4.79 Å². The summed E-state index contributed by atoms with van der Waals surface area (Å²) in [5, 5.41) is 8.89. The second-order valence-electron chi connectivity index (χ2n) is 4.16. The van der Waals surface area contributed by atoms with Crippen LogP contribution in [0.2, 0.25) is 0 Å². The Morgan fingerprint density at radius 1 is 1.38 bits per heavy atom. The normalized spacial score (nSPS) is 11.1. The Kier molecular flexibility index (Phi) is 5.73. The van der Waals surface area contributed by atoms with Crippen LogP contribution in [0.1, 0.15) is 11.1 Å². The number of amides is 1. The highest BCUT2D eigenvalue weighted by Crippen LogP contribution is 2.17. The Morgan fingerprint density at radius 2 is 2.05 bits per heavy atom. The Bertz CT molecular complexity index is 585. The quantitative estimate of drug-likeness (QED) is 0.618. The van der Waals surface area contributed by atoms with Gasteiger partial charge < -0.3 is 4.90 Å². The molecule has 0 saturated carbocycles. The first-order valence-corrected chi connectivity index (χ1v) is 6.01. The molecule has 0 aliphatic heterocycles. The molecule has 0 saturated heterocycles. The minimum Gasteiger partial charge on any atom is -0.326 e. The summed E-state index contributed by atoms with van der Waals surface area (Å²) in [5.74, 6) is -0.792. The molecule has 110 valence electrons. The zero-order chi connectivity index (χ0) is 15.9. The van der Waals surface area contributed by atoms with E-state index in [1.807, 2.05) is 6.07 Å². The van der Waals surface area contributed by atoms with Crippen LogP contribution < -0.4 is 0 Å². The van der Waals surface area contributed by atoms with Crippen molar-refractivity contribution in [3.8, 4) is 6.07 Å². The van der Waals surface area contributed by atoms with Gasteiger partial charge in [0.1, 0.15) is 6.54 Å². The van der Waals surface area contributed by atoms with E-state index < -0.39 is 18.6 Å². The fourth-order valence-electron chi connectivity index (χ4n) is 1.62. The Labute approximate surface area is 120 Å². The van der Waals surface area contributed by atoms with E-state index in [2.05, 4.69) is 6.58 Å². The zero-order valence-corrected chi connectivity index (χ0v) is 11.1. The predicted octanol–water partition coefficient (Wildman–Crippen LogP) is 3.15. The predicted molar refractivity (Wildman–Crippen MR) is 73.0 cm³/mol. The van der Waals surface area contributed by atoms with E-state index in [9.17, 15) is 18.0 Å². The molecule has 0 aliphatic carbocycles. The number of carbonyl (C=O) groups is 1. The van der Waals surface area contributed by atoms with Gasteiger partial charge in [0.25, 0.3) is 0 Å². The van der Waals surface area contributed by atoms with Crippen LogP contribution >= 0.6 is 0 Å². The largest absolute Gasteiger partial charge is 0.406 e. The molecule has 0 atom stereocenters. The third-order valence-corrected chi connectivity index (χ3v) is 2.52. The van der Waals surface area contributed by atoms with Gasteiger partial charge in [0.05, 0.1) is 11.6 Å². The smallest absolute Gasteiger partial charge is 0.326 e. The van der Waals surface area contributed by atoms with Crippen LogP contribution in [-0.4, -0.2) is 30.1 Å². The molecule has 21 heavy (non-hydrogen) atoms. The van der Waals surface area contributed by atoms with Gasteiger partial charge in [-0.1, -0.05) is 24.3 Å². The van der Waals surface area contributed by atoms with Gasteiger partial charge >= 0.3 is 6.18 Å². The van der Waals surface area contributed by atoms with Gasteiger partial charge in [0.2, 0.25) is 5.91 Å². The molecule has 0 bridgehead atoms. The van der Waals surface area contributed by atoms with E-state index in [-0.39, 0.29) is 6.54 Å². The van der Waals surface area contributed by atoms with Crippen molar-refractivity contribution in [3.05, 3.63) is 54.1 Å². The SMILES string of the molecule is C=CCN(CC(F)(F)F)C(=O)/C=C/c1ccccc1C#N. The summed E-state index contributed by atoms with van der Waals surface area (Å²) < 4.78 is 37.1. The van der Waals surface area contributed by atoms with Crippen LogP contribution in [0.3, 0.4) is 0 Å². The van der Waals surface area contributed by atoms with Crippen molar-refractivity contribution in [2.24, 2.45) is 0 Å². The van der Waals surface area contributed by atoms with Crippen molar-refractivity contribution in [1.29, 1.82) is 5.26 Å². The van der Waals surface area contributed by atoms with Gasteiger partial charge in [-0.2, -0.15) is 18.4 Å². The van der Waals surface area contributed by atoms with Gasteiger partial charge in [-0.15, -0.1) is 6.58 Å². The molecule has 1 amide bonds. The monoisotopic (exact) mass is 294 g/mol. The third kappa shape index (κ3) is 5.53. The second kappa shape index (κ2) is 7.29. The summed E-state index contributed by atoms with van der Waals surface area (Å²) in [4.78, 5) is 12.4. The molecular formula is C15H13F3N2O. The summed E-state index contributed by atoms with van der Waals surface area (Å²) in [6, 6.07) is 8.42. The van der Waals surface area contributed by atoms with E-state index in [4.69, 9.17) is 5.26 Å². The summed E-state index contributed by atoms with van der Waals surface area (Å²) in [6.07, 6.45) is -0.906. The molecule has 0 unspecified atom stereocenters. The molecule has 0 aromatic heterocycles. The topological polar surface area (TPSA) is 44.1 Å². The first-order chi connectivity index (χ1) is 9.87. The van der Waals surface area contributed by atoms with Gasteiger partial charge in [0.15, 0.2) is 0 Å². The molecular weight excluding hydrogens is 281 g/mol. The Morgan fingerprint density at radius 3 is 2.62 bits per heavy atom. The minimum atomic E-state index is -4.48. The number of rotatable bonds is 5. The van der Waals surface area contributed by atoms with Gasteiger partial charge in [-0.25, -0.2) is 0 Å². The van der Waals surface area contributed by atoms with Gasteiger partial charge in [-0.05, 0) is 17.7 Å². The molecule has 1 aromatic rings. The molecule has 0 fully saturated rings. The number of halogens is 3. The summed E-state index contributed by atoms with van der Waals surface area (Å²) >= 11 is 0. The van der Waals surface area contributed by atoms with Gasteiger partial charge in [0, 0.05) is 12.6 Å².